The normalized spacial score (nSPS) is 11.2. The number of carbonyl (C=O) groups is 1. The van der Waals surface area contributed by atoms with E-state index in [1.807, 2.05) is 6.07 Å². The van der Waals surface area contributed by atoms with Crippen LogP contribution in [-0.2, 0) is 6.42 Å². The predicted octanol–water partition coefficient (Wildman–Crippen LogP) is 5.07. The Morgan fingerprint density at radius 3 is 2.38 bits per heavy atom. The number of aromatic amines is 1. The van der Waals surface area contributed by atoms with Crippen LogP contribution in [0.4, 0.5) is 0 Å². The van der Waals surface area contributed by atoms with Crippen molar-refractivity contribution in [3.63, 3.8) is 0 Å². The van der Waals surface area contributed by atoms with Crippen molar-refractivity contribution in [2.45, 2.75) is 6.42 Å². The number of hydrogen-bond acceptors (Lipinski definition) is 2. The highest BCUT2D eigenvalue weighted by atomic mass is 16.1. The molecule has 5 rings (SSSR count). The van der Waals surface area contributed by atoms with Crippen molar-refractivity contribution in [1.29, 1.82) is 0 Å². The zero-order valence-electron chi connectivity index (χ0n) is 15.7. The molecule has 29 heavy (non-hydrogen) atoms. The summed E-state index contributed by atoms with van der Waals surface area (Å²) in [5.74, 6) is 0.327. The number of nitrogens with zero attached hydrogens (tertiary/aromatic N) is 1. The Balaban J connectivity index is 1.40. The topological polar surface area (TPSA) is 71.8 Å². The molecule has 1 amide bonds. The molecule has 4 aromatic carbocycles. The van der Waals surface area contributed by atoms with Crippen LogP contribution in [0.1, 0.15) is 21.5 Å². The fraction of sp³-hybridized carbons (Fsp3) is 0.0400. The Bertz CT molecular complexity index is 1350. The number of hydrogen-bond donors (Lipinski definition) is 2. The maximum Gasteiger partial charge on any atom is 0.248 e. The molecule has 1 heterocycles. The third-order valence-corrected chi connectivity index (χ3v) is 5.22. The Kier molecular flexibility index (Phi) is 4.10. The maximum absolute atomic E-state index is 11.4. The molecule has 0 bridgehead atoms. The van der Waals surface area contributed by atoms with E-state index in [4.69, 9.17) is 5.73 Å². The SMILES string of the molecule is NC(=O)c1ccc2[nH]c(-c3ccc(Cc4ccc5ccccc5c4)cc3)nc2c1. The summed E-state index contributed by atoms with van der Waals surface area (Å²) < 4.78 is 0. The lowest BCUT2D eigenvalue weighted by molar-refractivity contribution is 0.100. The van der Waals surface area contributed by atoms with Crippen molar-refractivity contribution < 1.29 is 4.79 Å². The molecule has 0 radical (unpaired) electrons. The number of rotatable bonds is 4. The van der Waals surface area contributed by atoms with Crippen LogP contribution in [0.3, 0.4) is 0 Å². The molecule has 0 aliphatic carbocycles. The van der Waals surface area contributed by atoms with E-state index in [1.54, 1.807) is 12.1 Å². The lowest BCUT2D eigenvalue weighted by Crippen LogP contribution is -2.10. The van der Waals surface area contributed by atoms with Gasteiger partial charge < -0.3 is 10.7 Å². The first-order valence-corrected chi connectivity index (χ1v) is 9.52. The summed E-state index contributed by atoms with van der Waals surface area (Å²) in [6.07, 6.45) is 0.882. The van der Waals surface area contributed by atoms with E-state index in [0.29, 0.717) is 5.56 Å². The number of amides is 1. The molecule has 0 saturated carbocycles. The third-order valence-electron chi connectivity index (χ3n) is 5.22. The van der Waals surface area contributed by atoms with Crippen LogP contribution in [-0.4, -0.2) is 15.9 Å². The van der Waals surface area contributed by atoms with E-state index in [2.05, 4.69) is 76.7 Å². The fourth-order valence-electron chi connectivity index (χ4n) is 3.66. The molecule has 0 saturated heterocycles. The number of imidazole rings is 1. The average Bonchev–Trinajstić information content (AvgIpc) is 3.17. The second kappa shape index (κ2) is 6.91. The van der Waals surface area contributed by atoms with Crippen LogP contribution in [0, 0.1) is 0 Å². The number of carbonyl (C=O) groups excluding carboxylic acids is 1. The fourth-order valence-corrected chi connectivity index (χ4v) is 3.66. The molecule has 4 heteroatoms. The van der Waals surface area contributed by atoms with E-state index in [1.165, 1.54) is 21.9 Å². The van der Waals surface area contributed by atoms with Gasteiger partial charge in [0.25, 0.3) is 0 Å². The monoisotopic (exact) mass is 377 g/mol. The van der Waals surface area contributed by atoms with Gasteiger partial charge in [0.05, 0.1) is 11.0 Å². The van der Waals surface area contributed by atoms with Crippen LogP contribution in [0.5, 0.6) is 0 Å². The molecular formula is C25H19N3O. The lowest BCUT2D eigenvalue weighted by atomic mass is 10.0. The van der Waals surface area contributed by atoms with Crippen LogP contribution in [0.25, 0.3) is 33.2 Å². The molecular weight excluding hydrogens is 358 g/mol. The quantitative estimate of drug-likeness (QED) is 0.459. The zero-order valence-corrected chi connectivity index (χ0v) is 15.7. The van der Waals surface area contributed by atoms with Crippen LogP contribution >= 0.6 is 0 Å². The van der Waals surface area contributed by atoms with Crippen LogP contribution < -0.4 is 5.73 Å². The van der Waals surface area contributed by atoms with E-state index in [-0.39, 0.29) is 0 Å². The van der Waals surface area contributed by atoms with Crippen LogP contribution in [0.15, 0.2) is 84.9 Å². The van der Waals surface area contributed by atoms with Crippen LogP contribution in [0.2, 0.25) is 0 Å². The highest BCUT2D eigenvalue weighted by Gasteiger charge is 2.08. The van der Waals surface area contributed by atoms with E-state index in [0.717, 1.165) is 28.8 Å². The van der Waals surface area contributed by atoms with Gasteiger partial charge in [-0.15, -0.1) is 0 Å². The second-order valence-corrected chi connectivity index (χ2v) is 7.24. The number of fused-ring (bicyclic) bond motifs is 2. The first kappa shape index (κ1) is 17.2. The minimum atomic E-state index is -0.450. The van der Waals surface area contributed by atoms with Gasteiger partial charge in [0.1, 0.15) is 5.82 Å². The minimum Gasteiger partial charge on any atom is -0.366 e. The van der Waals surface area contributed by atoms with Gasteiger partial charge in [-0.2, -0.15) is 0 Å². The summed E-state index contributed by atoms with van der Waals surface area (Å²) in [4.78, 5) is 19.3. The van der Waals surface area contributed by atoms with Crippen molar-refractivity contribution >= 4 is 27.7 Å². The molecule has 140 valence electrons. The second-order valence-electron chi connectivity index (χ2n) is 7.24. The zero-order chi connectivity index (χ0) is 19.8. The van der Waals surface area contributed by atoms with Crippen molar-refractivity contribution in [3.8, 4) is 11.4 Å². The number of aromatic nitrogens is 2. The summed E-state index contributed by atoms with van der Waals surface area (Å²) in [5, 5.41) is 2.52. The lowest BCUT2D eigenvalue weighted by Gasteiger charge is -2.05. The van der Waals surface area contributed by atoms with Gasteiger partial charge >= 0.3 is 0 Å². The summed E-state index contributed by atoms with van der Waals surface area (Å²) in [6.45, 7) is 0. The molecule has 0 spiro atoms. The highest BCUT2D eigenvalue weighted by Crippen LogP contribution is 2.23. The number of primary amides is 1. The molecule has 1 aromatic heterocycles. The smallest absolute Gasteiger partial charge is 0.248 e. The number of benzene rings is 4. The third kappa shape index (κ3) is 3.36. The van der Waals surface area contributed by atoms with Gasteiger partial charge in [0, 0.05) is 11.1 Å². The van der Waals surface area contributed by atoms with Gasteiger partial charge in [-0.25, -0.2) is 4.98 Å². The molecule has 3 N–H and O–H groups in total. The Morgan fingerprint density at radius 2 is 1.59 bits per heavy atom. The number of H-pyrrole nitrogens is 1. The van der Waals surface area contributed by atoms with E-state index < -0.39 is 5.91 Å². The average molecular weight is 377 g/mol. The van der Waals surface area contributed by atoms with Crippen molar-refractivity contribution in [2.75, 3.05) is 0 Å². The molecule has 0 atom stereocenters. The standard InChI is InChI=1S/C25H19N3O/c26-24(29)21-11-12-22-23(15-21)28-25(27-22)19-9-5-16(6-10-19)13-17-7-8-18-3-1-2-4-20(18)14-17/h1-12,14-15H,13H2,(H2,26,29)(H,27,28). The molecule has 4 nitrogen and oxygen atoms in total. The Morgan fingerprint density at radius 1 is 0.828 bits per heavy atom. The van der Waals surface area contributed by atoms with Crippen molar-refractivity contribution in [2.24, 2.45) is 5.73 Å². The molecule has 0 aliphatic rings. The van der Waals surface area contributed by atoms with E-state index in [9.17, 15) is 4.79 Å². The van der Waals surface area contributed by atoms with Gasteiger partial charge in [0.15, 0.2) is 0 Å². The predicted molar refractivity (Wildman–Crippen MR) is 117 cm³/mol. The summed E-state index contributed by atoms with van der Waals surface area (Å²) in [5.41, 5.74) is 11.0. The first-order chi connectivity index (χ1) is 14.2. The summed E-state index contributed by atoms with van der Waals surface area (Å²) >= 11 is 0. The summed E-state index contributed by atoms with van der Waals surface area (Å²) in [7, 11) is 0. The molecule has 0 fully saturated rings. The summed E-state index contributed by atoms with van der Waals surface area (Å²) in [6, 6.07) is 28.7. The Hall–Kier alpha value is -3.92. The molecule has 0 unspecified atom stereocenters. The van der Waals surface area contributed by atoms with Crippen molar-refractivity contribution in [3.05, 3.63) is 102 Å². The largest absolute Gasteiger partial charge is 0.366 e. The van der Waals surface area contributed by atoms with E-state index >= 15 is 0 Å². The maximum atomic E-state index is 11.4. The number of nitrogens with two attached hydrogens (primary N) is 1. The van der Waals surface area contributed by atoms with Crippen molar-refractivity contribution in [1.82, 2.24) is 9.97 Å². The Labute approximate surface area is 168 Å². The highest BCUT2D eigenvalue weighted by molar-refractivity contribution is 5.96. The first-order valence-electron chi connectivity index (χ1n) is 9.52. The number of nitrogens with one attached hydrogen (secondary N) is 1. The molecule has 5 aromatic rings. The molecule has 0 aliphatic heterocycles. The van der Waals surface area contributed by atoms with Gasteiger partial charge in [-0.1, -0.05) is 66.7 Å². The minimum absolute atomic E-state index is 0.450. The van der Waals surface area contributed by atoms with Gasteiger partial charge in [-0.3, -0.25) is 4.79 Å². The van der Waals surface area contributed by atoms with Gasteiger partial charge in [0.2, 0.25) is 5.91 Å². The van der Waals surface area contributed by atoms with Gasteiger partial charge in [-0.05, 0) is 46.5 Å².